The molecule has 0 fully saturated rings. The predicted molar refractivity (Wildman–Crippen MR) is 70.3 cm³/mol. The van der Waals surface area contributed by atoms with Crippen molar-refractivity contribution in [1.29, 1.82) is 0 Å². The standard InChI is InChI=1S/C12H16N4O2/c13-12-15-10-4-2-1-3-9(10)11(16-12)14-5-7-18-8-6-17/h1-4,17H,5-8H2,(H3,13,14,15,16). The smallest absolute Gasteiger partial charge is 0.222 e. The number of benzene rings is 1. The number of rotatable bonds is 6. The number of nitrogen functional groups attached to an aromatic ring is 1. The van der Waals surface area contributed by atoms with E-state index in [1.54, 1.807) is 0 Å². The van der Waals surface area contributed by atoms with Gasteiger partial charge in [-0.1, -0.05) is 12.1 Å². The fourth-order valence-corrected chi connectivity index (χ4v) is 1.64. The van der Waals surface area contributed by atoms with Crippen molar-refractivity contribution in [3.8, 4) is 0 Å². The van der Waals surface area contributed by atoms with E-state index in [0.717, 1.165) is 10.9 Å². The Balaban J connectivity index is 2.07. The molecule has 18 heavy (non-hydrogen) atoms. The van der Waals surface area contributed by atoms with Gasteiger partial charge in [-0.05, 0) is 12.1 Å². The fourth-order valence-electron chi connectivity index (χ4n) is 1.64. The van der Waals surface area contributed by atoms with E-state index in [0.29, 0.717) is 25.6 Å². The van der Waals surface area contributed by atoms with Crippen LogP contribution in [-0.4, -0.2) is 41.4 Å². The first-order valence-electron chi connectivity index (χ1n) is 5.76. The highest BCUT2D eigenvalue weighted by molar-refractivity contribution is 5.89. The number of fused-ring (bicyclic) bond motifs is 1. The van der Waals surface area contributed by atoms with Crippen molar-refractivity contribution < 1.29 is 9.84 Å². The largest absolute Gasteiger partial charge is 0.394 e. The number of nitrogens with zero attached hydrogens (tertiary/aromatic N) is 2. The normalized spacial score (nSPS) is 10.7. The quantitative estimate of drug-likeness (QED) is 0.649. The zero-order valence-corrected chi connectivity index (χ0v) is 9.97. The lowest BCUT2D eigenvalue weighted by Gasteiger charge is -2.09. The highest BCUT2D eigenvalue weighted by atomic mass is 16.5. The zero-order chi connectivity index (χ0) is 12.8. The fraction of sp³-hybridized carbons (Fsp3) is 0.333. The molecule has 0 radical (unpaired) electrons. The van der Waals surface area contributed by atoms with E-state index >= 15 is 0 Å². The number of para-hydroxylation sites is 1. The second-order valence-electron chi connectivity index (χ2n) is 3.71. The van der Waals surface area contributed by atoms with Crippen molar-refractivity contribution in [3.63, 3.8) is 0 Å². The van der Waals surface area contributed by atoms with Crippen LogP contribution in [0.4, 0.5) is 11.8 Å². The first-order chi connectivity index (χ1) is 8.81. The van der Waals surface area contributed by atoms with Gasteiger partial charge in [0.15, 0.2) is 0 Å². The maximum Gasteiger partial charge on any atom is 0.222 e. The third-order valence-corrected chi connectivity index (χ3v) is 2.39. The van der Waals surface area contributed by atoms with E-state index in [1.165, 1.54) is 0 Å². The molecule has 2 rings (SSSR count). The molecular formula is C12H16N4O2. The Labute approximate surface area is 105 Å². The second kappa shape index (κ2) is 6.13. The Hall–Kier alpha value is -1.92. The molecule has 0 spiro atoms. The molecule has 4 N–H and O–H groups in total. The van der Waals surface area contributed by atoms with Crippen LogP contribution in [0, 0.1) is 0 Å². The number of nitrogens with two attached hydrogens (primary N) is 1. The summed E-state index contributed by atoms with van der Waals surface area (Å²) in [5, 5.41) is 12.7. The molecule has 0 aliphatic rings. The van der Waals surface area contributed by atoms with Crippen LogP contribution in [0.15, 0.2) is 24.3 Å². The van der Waals surface area contributed by atoms with Crippen LogP contribution in [0.5, 0.6) is 0 Å². The summed E-state index contributed by atoms with van der Waals surface area (Å²) >= 11 is 0. The van der Waals surface area contributed by atoms with Crippen molar-refractivity contribution >= 4 is 22.7 Å². The van der Waals surface area contributed by atoms with Crippen molar-refractivity contribution in [2.45, 2.75) is 0 Å². The summed E-state index contributed by atoms with van der Waals surface area (Å²) < 4.78 is 5.16. The number of hydrogen-bond donors (Lipinski definition) is 3. The van der Waals surface area contributed by atoms with E-state index in [9.17, 15) is 0 Å². The maximum absolute atomic E-state index is 8.58. The van der Waals surface area contributed by atoms with E-state index < -0.39 is 0 Å². The lowest BCUT2D eigenvalue weighted by Crippen LogP contribution is -2.13. The molecule has 0 aliphatic carbocycles. The van der Waals surface area contributed by atoms with Gasteiger partial charge in [-0.2, -0.15) is 4.98 Å². The molecule has 0 amide bonds. The number of anilines is 2. The molecule has 1 heterocycles. The highest BCUT2D eigenvalue weighted by Gasteiger charge is 2.04. The molecule has 0 saturated carbocycles. The van der Waals surface area contributed by atoms with E-state index in [-0.39, 0.29) is 12.6 Å². The molecule has 2 aromatic rings. The van der Waals surface area contributed by atoms with Crippen molar-refractivity contribution in [1.82, 2.24) is 9.97 Å². The number of aliphatic hydroxyl groups excluding tert-OH is 1. The predicted octanol–water partition coefficient (Wildman–Crippen LogP) is 0.633. The van der Waals surface area contributed by atoms with Crippen molar-refractivity contribution in [2.24, 2.45) is 0 Å². The Morgan fingerprint density at radius 1 is 1.22 bits per heavy atom. The Morgan fingerprint density at radius 3 is 2.89 bits per heavy atom. The summed E-state index contributed by atoms with van der Waals surface area (Å²) in [6.07, 6.45) is 0. The van der Waals surface area contributed by atoms with Gasteiger partial charge < -0.3 is 20.9 Å². The minimum absolute atomic E-state index is 0.0311. The highest BCUT2D eigenvalue weighted by Crippen LogP contribution is 2.20. The maximum atomic E-state index is 8.58. The minimum Gasteiger partial charge on any atom is -0.394 e. The molecule has 6 heteroatoms. The summed E-state index contributed by atoms with van der Waals surface area (Å²) in [4.78, 5) is 8.33. The van der Waals surface area contributed by atoms with Gasteiger partial charge in [-0.3, -0.25) is 0 Å². The van der Waals surface area contributed by atoms with Crippen LogP contribution in [0.2, 0.25) is 0 Å². The zero-order valence-electron chi connectivity index (χ0n) is 9.97. The lowest BCUT2D eigenvalue weighted by molar-refractivity contribution is 0.0992. The van der Waals surface area contributed by atoms with Gasteiger partial charge in [0.2, 0.25) is 5.95 Å². The molecule has 0 bridgehead atoms. The number of nitrogens with one attached hydrogen (secondary N) is 1. The monoisotopic (exact) mass is 248 g/mol. The third-order valence-electron chi connectivity index (χ3n) is 2.39. The van der Waals surface area contributed by atoms with Gasteiger partial charge in [-0.25, -0.2) is 4.98 Å². The summed E-state index contributed by atoms with van der Waals surface area (Å²) in [6, 6.07) is 7.66. The lowest BCUT2D eigenvalue weighted by atomic mass is 10.2. The van der Waals surface area contributed by atoms with Gasteiger partial charge >= 0.3 is 0 Å². The Morgan fingerprint density at radius 2 is 2.06 bits per heavy atom. The van der Waals surface area contributed by atoms with Crippen LogP contribution >= 0.6 is 0 Å². The van der Waals surface area contributed by atoms with Gasteiger partial charge in [0.25, 0.3) is 0 Å². The average Bonchev–Trinajstić information content (AvgIpc) is 2.38. The molecular weight excluding hydrogens is 232 g/mol. The number of aliphatic hydroxyl groups is 1. The first kappa shape index (κ1) is 12.5. The molecule has 0 unspecified atom stereocenters. The second-order valence-corrected chi connectivity index (χ2v) is 3.71. The van der Waals surface area contributed by atoms with Gasteiger partial charge in [0.1, 0.15) is 5.82 Å². The molecule has 0 saturated heterocycles. The summed E-state index contributed by atoms with van der Waals surface area (Å²) in [7, 11) is 0. The molecule has 0 atom stereocenters. The molecule has 6 nitrogen and oxygen atoms in total. The molecule has 0 aliphatic heterocycles. The van der Waals surface area contributed by atoms with E-state index in [2.05, 4.69) is 15.3 Å². The Kier molecular flexibility index (Phi) is 4.27. The van der Waals surface area contributed by atoms with Crippen LogP contribution in [0.1, 0.15) is 0 Å². The van der Waals surface area contributed by atoms with Crippen LogP contribution in [0.3, 0.4) is 0 Å². The average molecular weight is 248 g/mol. The van der Waals surface area contributed by atoms with Gasteiger partial charge in [-0.15, -0.1) is 0 Å². The van der Waals surface area contributed by atoms with Crippen LogP contribution < -0.4 is 11.1 Å². The summed E-state index contributed by atoms with van der Waals surface area (Å²) in [6.45, 7) is 1.47. The SMILES string of the molecule is Nc1nc(NCCOCCO)c2ccccc2n1. The van der Waals surface area contributed by atoms with Gasteiger partial charge in [0.05, 0.1) is 25.3 Å². The molecule has 96 valence electrons. The molecule has 1 aromatic heterocycles. The first-order valence-corrected chi connectivity index (χ1v) is 5.76. The van der Waals surface area contributed by atoms with E-state index in [1.807, 2.05) is 24.3 Å². The summed E-state index contributed by atoms with van der Waals surface area (Å²) in [5.74, 6) is 0.943. The van der Waals surface area contributed by atoms with Crippen molar-refractivity contribution in [3.05, 3.63) is 24.3 Å². The van der Waals surface area contributed by atoms with Crippen LogP contribution in [-0.2, 0) is 4.74 Å². The van der Waals surface area contributed by atoms with Crippen LogP contribution in [0.25, 0.3) is 10.9 Å². The van der Waals surface area contributed by atoms with Crippen molar-refractivity contribution in [2.75, 3.05) is 37.4 Å². The molecule has 1 aromatic carbocycles. The Bertz CT molecular complexity index is 518. The van der Waals surface area contributed by atoms with Gasteiger partial charge in [0, 0.05) is 11.9 Å². The van der Waals surface area contributed by atoms with E-state index in [4.69, 9.17) is 15.6 Å². The number of aromatic nitrogens is 2. The summed E-state index contributed by atoms with van der Waals surface area (Å²) in [5.41, 5.74) is 6.46. The number of hydrogen-bond acceptors (Lipinski definition) is 6. The topological polar surface area (TPSA) is 93.3 Å². The minimum atomic E-state index is 0.0311. The number of ether oxygens (including phenoxy) is 1. The third kappa shape index (κ3) is 3.06.